The molecule has 4 rings (SSSR count). The maximum absolute atomic E-state index is 15.0. The number of ether oxygens (including phenoxy) is 2. The van der Waals surface area contributed by atoms with E-state index in [4.69, 9.17) is 10.5 Å². The van der Waals surface area contributed by atoms with Gasteiger partial charge in [0.05, 0.1) is 12.8 Å². The molecule has 0 radical (unpaired) electrons. The molecule has 1 aromatic heterocycles. The first-order valence-corrected chi connectivity index (χ1v) is 11.1. The van der Waals surface area contributed by atoms with Gasteiger partial charge in [-0.25, -0.2) is 14.4 Å². The number of carbonyl (C=O) groups is 1. The van der Waals surface area contributed by atoms with Crippen LogP contribution in [0.3, 0.4) is 0 Å². The van der Waals surface area contributed by atoms with E-state index in [-0.39, 0.29) is 33.6 Å². The van der Waals surface area contributed by atoms with Gasteiger partial charge in [0.2, 0.25) is 0 Å². The van der Waals surface area contributed by atoms with Crippen molar-refractivity contribution < 1.29 is 40.6 Å². The Balaban J connectivity index is 1.61. The number of anilines is 1. The average Bonchev–Trinajstić information content (AvgIpc) is 2.79. The molecule has 2 aliphatic heterocycles. The molecule has 3 unspecified atom stereocenters. The molecule has 188 valence electrons. The monoisotopic (exact) mass is 520 g/mol. The molecule has 0 bridgehead atoms. The summed E-state index contributed by atoms with van der Waals surface area (Å²) in [6.07, 6.45) is -6.08. The molecule has 3 atom stereocenters. The summed E-state index contributed by atoms with van der Waals surface area (Å²) in [5.74, 6) is -2.29. The van der Waals surface area contributed by atoms with Crippen LogP contribution >= 0.6 is 11.8 Å². The van der Waals surface area contributed by atoms with Crippen LogP contribution < -0.4 is 15.8 Å². The minimum Gasteiger partial charge on any atom is -0.433 e. The van der Waals surface area contributed by atoms with E-state index in [2.05, 4.69) is 20.0 Å². The van der Waals surface area contributed by atoms with Gasteiger partial charge in [-0.1, -0.05) is 11.8 Å². The van der Waals surface area contributed by atoms with Crippen molar-refractivity contribution in [2.45, 2.75) is 30.9 Å². The van der Waals surface area contributed by atoms with Gasteiger partial charge >= 0.3 is 12.8 Å². The lowest BCUT2D eigenvalue weighted by atomic mass is 9.74. The van der Waals surface area contributed by atoms with Crippen molar-refractivity contribution in [3.05, 3.63) is 53.6 Å². The molecule has 0 spiro atoms. The number of nitrogens with two attached hydrogens (primary N) is 1. The number of fused-ring (bicyclic) bond motifs is 1. The molecule has 2 aromatic rings. The number of benzene rings is 1. The molecule has 3 heterocycles. The van der Waals surface area contributed by atoms with E-state index in [1.807, 2.05) is 0 Å². The number of thioether (sulfide) groups is 1. The number of halogens is 6. The number of pyridine rings is 1. The number of hydrogen-bond acceptors (Lipinski definition) is 7. The Hall–Kier alpha value is -3.00. The largest absolute Gasteiger partial charge is 0.433 e. The minimum atomic E-state index is -4.58. The van der Waals surface area contributed by atoms with Crippen LogP contribution in [0, 0.1) is 11.7 Å². The first kappa shape index (κ1) is 25.1. The third-order valence-electron chi connectivity index (χ3n) is 5.67. The fourth-order valence-corrected chi connectivity index (χ4v) is 5.03. The zero-order valence-electron chi connectivity index (χ0n) is 17.7. The molecule has 1 saturated heterocycles. The Labute approximate surface area is 199 Å². The second-order valence-electron chi connectivity index (χ2n) is 7.87. The Morgan fingerprint density at radius 1 is 1.29 bits per heavy atom. The average molecular weight is 520 g/mol. The molecule has 35 heavy (non-hydrogen) atoms. The summed E-state index contributed by atoms with van der Waals surface area (Å²) in [7, 11) is 0. The second-order valence-corrected chi connectivity index (χ2v) is 8.91. The van der Waals surface area contributed by atoms with Crippen LogP contribution in [0.25, 0.3) is 0 Å². The van der Waals surface area contributed by atoms with Crippen molar-refractivity contribution in [3.63, 3.8) is 0 Å². The number of alkyl halides is 5. The van der Waals surface area contributed by atoms with E-state index in [0.717, 1.165) is 36.2 Å². The van der Waals surface area contributed by atoms with Gasteiger partial charge in [-0.05, 0) is 36.8 Å². The van der Waals surface area contributed by atoms with Crippen LogP contribution in [0.1, 0.15) is 22.5 Å². The van der Waals surface area contributed by atoms with Gasteiger partial charge in [0.1, 0.15) is 22.8 Å². The smallest absolute Gasteiger partial charge is 0.414 e. The molecule has 1 fully saturated rings. The van der Waals surface area contributed by atoms with Crippen molar-refractivity contribution in [1.82, 2.24) is 4.98 Å². The highest BCUT2D eigenvalue weighted by atomic mass is 32.2. The third kappa shape index (κ3) is 5.32. The maximum Gasteiger partial charge on any atom is 0.414 e. The van der Waals surface area contributed by atoms with Gasteiger partial charge in [0.25, 0.3) is 5.91 Å². The Morgan fingerprint density at radius 3 is 2.71 bits per heavy atom. The zero-order chi connectivity index (χ0) is 25.4. The number of rotatable bonds is 5. The molecule has 14 heteroatoms. The molecular formula is C21H18F6N4O3S. The van der Waals surface area contributed by atoms with Gasteiger partial charge in [-0.3, -0.25) is 4.79 Å². The maximum atomic E-state index is 15.0. The molecule has 0 aliphatic carbocycles. The number of carbonyl (C=O) groups excluding carboxylic acids is 1. The van der Waals surface area contributed by atoms with Crippen molar-refractivity contribution in [2.24, 2.45) is 16.6 Å². The highest BCUT2D eigenvalue weighted by Crippen LogP contribution is 2.49. The first-order chi connectivity index (χ1) is 16.5. The summed E-state index contributed by atoms with van der Waals surface area (Å²) >= 11 is 1.08. The summed E-state index contributed by atoms with van der Waals surface area (Å²) in [6.45, 7) is -3.60. The number of aromatic nitrogens is 1. The second kappa shape index (κ2) is 9.57. The number of nitrogens with one attached hydrogen (secondary N) is 1. The molecule has 7 nitrogen and oxygen atoms in total. The van der Waals surface area contributed by atoms with E-state index in [1.165, 1.54) is 12.1 Å². The van der Waals surface area contributed by atoms with Crippen molar-refractivity contribution in [3.8, 4) is 5.75 Å². The minimum absolute atomic E-state index is 0.0715. The topological polar surface area (TPSA) is 98.8 Å². The normalized spacial score (nSPS) is 24.5. The molecular weight excluding hydrogens is 502 g/mol. The van der Waals surface area contributed by atoms with Crippen LogP contribution in [-0.4, -0.2) is 47.3 Å². The molecule has 0 saturated carbocycles. The van der Waals surface area contributed by atoms with E-state index in [1.54, 1.807) is 0 Å². The molecule has 2 aliphatic rings. The van der Waals surface area contributed by atoms with Gasteiger partial charge < -0.3 is 20.5 Å². The summed E-state index contributed by atoms with van der Waals surface area (Å²) in [6, 6.07) is 5.85. The van der Waals surface area contributed by atoms with E-state index in [0.29, 0.717) is 0 Å². The fourth-order valence-electron chi connectivity index (χ4n) is 4.01. The van der Waals surface area contributed by atoms with E-state index in [9.17, 15) is 31.1 Å². The SMILES string of the molecule is NC1=NC2(c3cc(NC(=O)c4ccc(OC(F)F)cn4)ccc3F)COC(C(F)(F)F)CC2CS1. The fraction of sp³-hybridized carbons (Fsp3) is 0.381. The summed E-state index contributed by atoms with van der Waals surface area (Å²) in [5.41, 5.74) is 4.24. The lowest BCUT2D eigenvalue weighted by molar-refractivity contribution is -0.245. The van der Waals surface area contributed by atoms with Crippen LogP contribution in [0.15, 0.2) is 41.5 Å². The van der Waals surface area contributed by atoms with Crippen molar-refractivity contribution in [1.29, 1.82) is 0 Å². The predicted molar refractivity (Wildman–Crippen MR) is 115 cm³/mol. The number of nitrogens with zero attached hydrogens (tertiary/aromatic N) is 2. The highest BCUT2D eigenvalue weighted by molar-refractivity contribution is 8.13. The summed E-state index contributed by atoms with van der Waals surface area (Å²) < 4.78 is 88.6. The highest BCUT2D eigenvalue weighted by Gasteiger charge is 2.55. The van der Waals surface area contributed by atoms with Gasteiger partial charge in [0, 0.05) is 22.9 Å². The quantitative estimate of drug-likeness (QED) is 0.571. The Morgan fingerprint density at radius 2 is 2.06 bits per heavy atom. The first-order valence-electron chi connectivity index (χ1n) is 10.2. The van der Waals surface area contributed by atoms with Gasteiger partial charge in [-0.2, -0.15) is 22.0 Å². The molecule has 1 amide bonds. The number of amides is 1. The van der Waals surface area contributed by atoms with E-state index < -0.39 is 55.1 Å². The standard InChI is InChI=1S/C21H18F6N4O3S/c22-14-3-1-11(30-17(32)15-4-2-12(7-29-15)34-18(23)24)6-13(14)20-9-33-16(21(25,26)27)5-10(20)8-35-19(28)31-20/h1-4,6-7,10,16,18H,5,8-9H2,(H2,28,31)(H,30,32). The van der Waals surface area contributed by atoms with Crippen LogP contribution in [0.2, 0.25) is 0 Å². The van der Waals surface area contributed by atoms with Crippen LogP contribution in [0.4, 0.5) is 32.0 Å². The zero-order valence-corrected chi connectivity index (χ0v) is 18.5. The Bertz CT molecular complexity index is 1130. The van der Waals surface area contributed by atoms with Gasteiger partial charge in [-0.15, -0.1) is 0 Å². The molecule has 1 aromatic carbocycles. The molecule has 3 N–H and O–H groups in total. The number of amidine groups is 1. The van der Waals surface area contributed by atoms with Crippen LogP contribution in [0.5, 0.6) is 5.75 Å². The third-order valence-corrected chi connectivity index (χ3v) is 6.63. The Kier molecular flexibility index (Phi) is 6.86. The van der Waals surface area contributed by atoms with E-state index >= 15 is 0 Å². The van der Waals surface area contributed by atoms with Crippen molar-refractivity contribution >= 4 is 28.5 Å². The lowest BCUT2D eigenvalue weighted by Gasteiger charge is -2.46. The number of hydrogen-bond donors (Lipinski definition) is 2. The summed E-state index contributed by atoms with van der Waals surface area (Å²) in [5, 5.41) is 2.58. The predicted octanol–water partition coefficient (Wildman–Crippen LogP) is 4.30. The number of aliphatic imine (C=N–C) groups is 1. The lowest BCUT2D eigenvalue weighted by Crippen LogP contribution is -2.53. The van der Waals surface area contributed by atoms with Crippen molar-refractivity contribution in [2.75, 3.05) is 17.7 Å². The summed E-state index contributed by atoms with van der Waals surface area (Å²) in [4.78, 5) is 20.6. The van der Waals surface area contributed by atoms with Crippen LogP contribution in [-0.2, 0) is 10.3 Å². The van der Waals surface area contributed by atoms with Gasteiger partial charge in [0.15, 0.2) is 11.3 Å².